The Balaban J connectivity index is 2.01. The van der Waals surface area contributed by atoms with Gasteiger partial charge in [0.2, 0.25) is 0 Å². The number of hydrogen-bond donors (Lipinski definition) is 2. The highest BCUT2D eigenvalue weighted by molar-refractivity contribution is 6.06. The highest BCUT2D eigenvalue weighted by Gasteiger charge is 2.03. The zero-order chi connectivity index (χ0) is 16.5. The number of allylic oxidation sites excluding steroid dienone is 1. The molecule has 4 heteroatoms. The summed E-state index contributed by atoms with van der Waals surface area (Å²) < 4.78 is 5.10. The number of ether oxygens (including phenoxy) is 1. The predicted octanol–water partition coefficient (Wildman–Crippen LogP) is 2.67. The van der Waals surface area contributed by atoms with Gasteiger partial charge < -0.3 is 15.2 Å². The monoisotopic (exact) mass is 311 g/mol. The minimum atomic E-state index is -0.0372. The lowest BCUT2D eigenvalue weighted by atomic mass is 10.1. The summed E-state index contributed by atoms with van der Waals surface area (Å²) in [5.41, 5.74) is 2.61. The van der Waals surface area contributed by atoms with Crippen LogP contribution in [-0.2, 0) is 6.54 Å². The summed E-state index contributed by atoms with van der Waals surface area (Å²) >= 11 is 0. The quantitative estimate of drug-likeness (QED) is 0.447. The molecule has 2 rings (SSSR count). The number of aliphatic hydroxyl groups excluding tert-OH is 1. The number of carbonyl (C=O) groups is 1. The molecule has 0 aliphatic rings. The van der Waals surface area contributed by atoms with Crippen molar-refractivity contribution < 1.29 is 14.6 Å². The fraction of sp³-hybridized carbons (Fsp3) is 0.211. The molecule has 0 heterocycles. The molecule has 0 unspecified atom stereocenters. The maximum atomic E-state index is 12.3. The molecule has 0 bridgehead atoms. The van der Waals surface area contributed by atoms with Gasteiger partial charge in [0.25, 0.3) is 0 Å². The van der Waals surface area contributed by atoms with Crippen LogP contribution in [0.15, 0.2) is 54.6 Å². The van der Waals surface area contributed by atoms with Crippen LogP contribution in [0.3, 0.4) is 0 Å². The molecule has 120 valence electrons. The van der Waals surface area contributed by atoms with Gasteiger partial charge in [-0.25, -0.2) is 0 Å². The second kappa shape index (κ2) is 8.88. The molecule has 0 amide bonds. The molecule has 0 saturated heterocycles. The number of ketones is 1. The molecule has 0 aromatic heterocycles. The fourth-order valence-electron chi connectivity index (χ4n) is 2.13. The third-order valence-corrected chi connectivity index (χ3v) is 3.37. The van der Waals surface area contributed by atoms with Crippen molar-refractivity contribution in [2.45, 2.75) is 6.54 Å². The molecule has 0 radical (unpaired) electrons. The summed E-state index contributed by atoms with van der Waals surface area (Å²) in [6.07, 6.45) is 3.36. The van der Waals surface area contributed by atoms with Crippen molar-refractivity contribution in [1.29, 1.82) is 0 Å². The smallest absolute Gasteiger partial charge is 0.185 e. The van der Waals surface area contributed by atoms with Gasteiger partial charge in [0.05, 0.1) is 13.7 Å². The molecular weight excluding hydrogens is 290 g/mol. The van der Waals surface area contributed by atoms with E-state index < -0.39 is 0 Å². The lowest BCUT2D eigenvalue weighted by molar-refractivity contribution is 0.104. The Morgan fingerprint density at radius 3 is 2.70 bits per heavy atom. The van der Waals surface area contributed by atoms with Crippen LogP contribution in [0.2, 0.25) is 0 Å². The number of benzene rings is 2. The highest BCUT2D eigenvalue weighted by atomic mass is 16.5. The summed E-state index contributed by atoms with van der Waals surface area (Å²) in [4.78, 5) is 12.3. The second-order valence-corrected chi connectivity index (χ2v) is 5.07. The van der Waals surface area contributed by atoms with E-state index in [9.17, 15) is 4.79 Å². The van der Waals surface area contributed by atoms with E-state index in [2.05, 4.69) is 5.32 Å². The molecule has 0 saturated carbocycles. The summed E-state index contributed by atoms with van der Waals surface area (Å²) in [6, 6.07) is 15.0. The van der Waals surface area contributed by atoms with Crippen LogP contribution in [-0.4, -0.2) is 31.2 Å². The Morgan fingerprint density at radius 2 is 2.00 bits per heavy atom. The summed E-state index contributed by atoms with van der Waals surface area (Å²) in [5, 5.41) is 11.9. The molecule has 0 fully saturated rings. The summed E-state index contributed by atoms with van der Waals surface area (Å²) in [5.74, 6) is 0.751. The Labute approximate surface area is 136 Å². The van der Waals surface area contributed by atoms with Gasteiger partial charge in [-0.05, 0) is 35.4 Å². The Hall–Kier alpha value is -2.43. The van der Waals surface area contributed by atoms with Crippen molar-refractivity contribution in [2.75, 3.05) is 20.3 Å². The van der Waals surface area contributed by atoms with Gasteiger partial charge >= 0.3 is 0 Å². The summed E-state index contributed by atoms with van der Waals surface area (Å²) in [6.45, 7) is 1.27. The van der Waals surface area contributed by atoms with Gasteiger partial charge in [-0.3, -0.25) is 4.79 Å². The van der Waals surface area contributed by atoms with Gasteiger partial charge in [0, 0.05) is 18.7 Å². The van der Waals surface area contributed by atoms with Crippen LogP contribution in [0.1, 0.15) is 21.5 Å². The first kappa shape index (κ1) is 16.9. The SMILES string of the molecule is COc1ccc(C=CC(=O)c2cccc(CNCCO)c2)cc1. The zero-order valence-electron chi connectivity index (χ0n) is 13.2. The third-order valence-electron chi connectivity index (χ3n) is 3.37. The predicted molar refractivity (Wildman–Crippen MR) is 91.6 cm³/mol. The van der Waals surface area contributed by atoms with Crippen LogP contribution < -0.4 is 10.1 Å². The first-order valence-electron chi connectivity index (χ1n) is 7.50. The van der Waals surface area contributed by atoms with E-state index in [1.54, 1.807) is 25.3 Å². The van der Waals surface area contributed by atoms with Crippen molar-refractivity contribution in [2.24, 2.45) is 0 Å². The molecular formula is C19H21NO3. The summed E-state index contributed by atoms with van der Waals surface area (Å²) in [7, 11) is 1.62. The van der Waals surface area contributed by atoms with Crippen molar-refractivity contribution in [3.63, 3.8) is 0 Å². The molecule has 23 heavy (non-hydrogen) atoms. The van der Waals surface area contributed by atoms with Crippen molar-refractivity contribution in [3.8, 4) is 5.75 Å². The molecule has 2 aromatic carbocycles. The van der Waals surface area contributed by atoms with Crippen LogP contribution in [0.5, 0.6) is 5.75 Å². The second-order valence-electron chi connectivity index (χ2n) is 5.07. The van der Waals surface area contributed by atoms with Crippen LogP contribution in [0.4, 0.5) is 0 Å². The average Bonchev–Trinajstić information content (AvgIpc) is 2.60. The van der Waals surface area contributed by atoms with E-state index in [0.717, 1.165) is 16.9 Å². The minimum Gasteiger partial charge on any atom is -0.497 e. The Morgan fingerprint density at radius 1 is 1.22 bits per heavy atom. The molecule has 0 aliphatic heterocycles. The maximum Gasteiger partial charge on any atom is 0.185 e. The zero-order valence-corrected chi connectivity index (χ0v) is 13.2. The fourth-order valence-corrected chi connectivity index (χ4v) is 2.13. The molecule has 2 aromatic rings. The van der Waals surface area contributed by atoms with E-state index in [1.165, 1.54) is 0 Å². The van der Waals surface area contributed by atoms with Gasteiger partial charge in [-0.2, -0.15) is 0 Å². The number of carbonyl (C=O) groups excluding carboxylic acids is 1. The van der Waals surface area contributed by atoms with Crippen LogP contribution in [0, 0.1) is 0 Å². The van der Waals surface area contributed by atoms with E-state index in [0.29, 0.717) is 18.7 Å². The topological polar surface area (TPSA) is 58.6 Å². The number of hydrogen-bond acceptors (Lipinski definition) is 4. The lowest BCUT2D eigenvalue weighted by Gasteiger charge is -2.04. The van der Waals surface area contributed by atoms with Crippen molar-refractivity contribution in [1.82, 2.24) is 5.32 Å². The van der Waals surface area contributed by atoms with Gasteiger partial charge in [0.1, 0.15) is 5.75 Å². The highest BCUT2D eigenvalue weighted by Crippen LogP contribution is 2.13. The maximum absolute atomic E-state index is 12.3. The van der Waals surface area contributed by atoms with Crippen LogP contribution in [0.25, 0.3) is 6.08 Å². The van der Waals surface area contributed by atoms with E-state index in [4.69, 9.17) is 9.84 Å². The first-order valence-corrected chi connectivity index (χ1v) is 7.50. The largest absolute Gasteiger partial charge is 0.497 e. The number of nitrogens with one attached hydrogen (secondary N) is 1. The lowest BCUT2D eigenvalue weighted by Crippen LogP contribution is -2.17. The standard InChI is InChI=1S/C19H21NO3/c1-23-18-8-5-15(6-9-18)7-10-19(22)17-4-2-3-16(13-17)14-20-11-12-21/h2-10,13,20-21H,11-12,14H2,1H3. The first-order chi connectivity index (χ1) is 11.2. The van der Waals surface area contributed by atoms with Crippen molar-refractivity contribution in [3.05, 3.63) is 71.3 Å². The van der Waals surface area contributed by atoms with Gasteiger partial charge in [0.15, 0.2) is 5.78 Å². The minimum absolute atomic E-state index is 0.0372. The van der Waals surface area contributed by atoms with E-state index in [-0.39, 0.29) is 12.4 Å². The normalized spacial score (nSPS) is 10.9. The van der Waals surface area contributed by atoms with Crippen molar-refractivity contribution >= 4 is 11.9 Å². The van der Waals surface area contributed by atoms with Crippen LogP contribution >= 0.6 is 0 Å². The third kappa shape index (κ3) is 5.36. The van der Waals surface area contributed by atoms with Gasteiger partial charge in [-0.15, -0.1) is 0 Å². The van der Waals surface area contributed by atoms with E-state index in [1.807, 2.05) is 42.5 Å². The molecule has 0 spiro atoms. The molecule has 0 aliphatic carbocycles. The van der Waals surface area contributed by atoms with Gasteiger partial charge in [-0.1, -0.05) is 36.4 Å². The number of aliphatic hydroxyl groups is 1. The average molecular weight is 311 g/mol. The van der Waals surface area contributed by atoms with E-state index >= 15 is 0 Å². The molecule has 2 N–H and O–H groups in total. The number of methoxy groups -OCH3 is 1. The molecule has 4 nitrogen and oxygen atoms in total. The molecule has 0 atom stereocenters. The Bertz CT molecular complexity index is 663. The number of rotatable bonds is 8. The Kier molecular flexibility index (Phi) is 6.54.